The van der Waals surface area contributed by atoms with Crippen molar-refractivity contribution in [2.45, 2.75) is 69.5 Å². The predicted molar refractivity (Wildman–Crippen MR) is 110 cm³/mol. The first-order chi connectivity index (χ1) is 13.9. The Labute approximate surface area is 184 Å². The number of rotatable bonds is 6. The van der Waals surface area contributed by atoms with Crippen molar-refractivity contribution in [3.8, 4) is 11.3 Å². The lowest BCUT2D eigenvalue weighted by Gasteiger charge is -2.51. The van der Waals surface area contributed by atoms with Crippen LogP contribution in [0.15, 0.2) is 16.9 Å². The molecule has 2 aromatic heterocycles. The number of carbonyl (C=O) groups excluding carboxylic acids is 1. The summed E-state index contributed by atoms with van der Waals surface area (Å²) in [5, 5.41) is 5.00. The summed E-state index contributed by atoms with van der Waals surface area (Å²) in [6.07, 6.45) is 10.2. The fourth-order valence-corrected chi connectivity index (χ4v) is 5.68. The largest absolute Gasteiger partial charge is 0.370 e. The summed E-state index contributed by atoms with van der Waals surface area (Å²) in [7, 11) is 0. The van der Waals surface area contributed by atoms with Gasteiger partial charge in [-0.1, -0.05) is 28.4 Å². The summed E-state index contributed by atoms with van der Waals surface area (Å²) >= 11 is 18.7. The van der Waals surface area contributed by atoms with E-state index in [1.165, 1.54) is 0 Å². The van der Waals surface area contributed by atoms with Crippen LogP contribution in [0, 0.1) is 5.41 Å². The summed E-state index contributed by atoms with van der Waals surface area (Å²) in [4.78, 5) is 15.9. The third-order valence-corrected chi connectivity index (χ3v) is 7.95. The van der Waals surface area contributed by atoms with Gasteiger partial charge in [0.1, 0.15) is 11.5 Å². The van der Waals surface area contributed by atoms with Crippen molar-refractivity contribution in [2.24, 2.45) is 5.41 Å². The molecule has 2 bridgehead atoms. The van der Waals surface area contributed by atoms with Crippen LogP contribution in [0.2, 0.25) is 10.0 Å². The minimum absolute atomic E-state index is 0.190. The second-order valence-electron chi connectivity index (χ2n) is 8.65. The number of nitrogens with zero attached hydrogens (tertiary/aromatic N) is 2. The van der Waals surface area contributed by atoms with Crippen LogP contribution in [-0.2, 0) is 16.1 Å². The van der Waals surface area contributed by atoms with E-state index in [-0.39, 0.29) is 16.3 Å². The number of halogens is 3. The first kappa shape index (κ1) is 19.8. The molecule has 29 heavy (non-hydrogen) atoms. The Bertz CT molecular complexity index is 925. The van der Waals surface area contributed by atoms with Crippen LogP contribution in [0.1, 0.15) is 68.6 Å². The van der Waals surface area contributed by atoms with Crippen molar-refractivity contribution >= 4 is 40.0 Å². The highest BCUT2D eigenvalue weighted by molar-refractivity contribution is 6.64. The molecule has 0 radical (unpaired) electrons. The Balaban J connectivity index is 1.42. The SMILES string of the molecule is O=C(Cl)C12CCC(OCc3c(-c4c(Cl)cncc4Cl)noc3C3CC3)(CC1)CC2. The molecule has 0 unspecified atom stereocenters. The maximum Gasteiger partial charge on any atom is 0.227 e. The summed E-state index contributed by atoms with van der Waals surface area (Å²) in [5.74, 6) is 1.25. The van der Waals surface area contributed by atoms with Gasteiger partial charge >= 0.3 is 0 Å². The van der Waals surface area contributed by atoms with E-state index in [0.29, 0.717) is 33.8 Å². The van der Waals surface area contributed by atoms with Gasteiger partial charge in [0, 0.05) is 34.9 Å². The monoisotopic (exact) mass is 454 g/mol. The molecule has 4 aliphatic rings. The maximum atomic E-state index is 11.9. The van der Waals surface area contributed by atoms with Gasteiger partial charge in [0.25, 0.3) is 0 Å². The van der Waals surface area contributed by atoms with Crippen LogP contribution in [0.25, 0.3) is 11.3 Å². The lowest BCUT2D eigenvalue weighted by Crippen LogP contribution is -2.49. The number of hydrogen-bond acceptors (Lipinski definition) is 5. The average Bonchev–Trinajstić information content (AvgIpc) is 3.48. The molecule has 2 heterocycles. The van der Waals surface area contributed by atoms with Gasteiger partial charge in [-0.15, -0.1) is 0 Å². The molecule has 0 aliphatic heterocycles. The first-order valence-electron chi connectivity index (χ1n) is 10.0. The molecule has 4 saturated carbocycles. The van der Waals surface area contributed by atoms with E-state index in [0.717, 1.165) is 62.7 Å². The quantitative estimate of drug-likeness (QED) is 0.478. The number of fused-ring (bicyclic) bond motifs is 3. The average molecular weight is 456 g/mol. The molecule has 8 heteroatoms. The highest BCUT2D eigenvalue weighted by atomic mass is 35.5. The predicted octanol–water partition coefficient (Wildman–Crippen LogP) is 6.30. The van der Waals surface area contributed by atoms with E-state index in [9.17, 15) is 4.79 Å². The molecule has 5 nitrogen and oxygen atoms in total. The third kappa shape index (κ3) is 3.40. The number of ether oxygens (including phenoxy) is 1. The van der Waals surface area contributed by atoms with Crippen LogP contribution < -0.4 is 0 Å². The molecule has 4 fully saturated rings. The van der Waals surface area contributed by atoms with Crippen LogP contribution in [0.5, 0.6) is 0 Å². The van der Waals surface area contributed by atoms with Crippen LogP contribution in [-0.4, -0.2) is 21.0 Å². The van der Waals surface area contributed by atoms with Crippen LogP contribution in [0.3, 0.4) is 0 Å². The van der Waals surface area contributed by atoms with Gasteiger partial charge in [0.05, 0.1) is 22.3 Å². The van der Waals surface area contributed by atoms with Crippen molar-refractivity contribution in [3.63, 3.8) is 0 Å². The van der Waals surface area contributed by atoms with E-state index in [2.05, 4.69) is 10.1 Å². The Morgan fingerprint density at radius 2 is 1.72 bits per heavy atom. The van der Waals surface area contributed by atoms with E-state index in [4.69, 9.17) is 44.1 Å². The second-order valence-corrected chi connectivity index (χ2v) is 9.81. The number of carbonyl (C=O) groups is 1. The van der Waals surface area contributed by atoms with E-state index < -0.39 is 0 Å². The van der Waals surface area contributed by atoms with Crippen LogP contribution >= 0.6 is 34.8 Å². The minimum Gasteiger partial charge on any atom is -0.370 e. The lowest BCUT2D eigenvalue weighted by atomic mass is 9.59. The molecule has 6 rings (SSSR count). The molecule has 0 atom stereocenters. The molecular weight excluding hydrogens is 435 g/mol. The van der Waals surface area contributed by atoms with Gasteiger partial charge in [0.2, 0.25) is 5.24 Å². The second kappa shape index (κ2) is 7.23. The van der Waals surface area contributed by atoms with Gasteiger partial charge in [0.15, 0.2) is 0 Å². The van der Waals surface area contributed by atoms with E-state index in [1.54, 1.807) is 12.4 Å². The van der Waals surface area contributed by atoms with E-state index >= 15 is 0 Å². The Morgan fingerprint density at radius 1 is 1.10 bits per heavy atom. The summed E-state index contributed by atoms with van der Waals surface area (Å²) in [6.45, 7) is 0.390. The number of aromatic nitrogens is 2. The first-order valence-corrected chi connectivity index (χ1v) is 11.2. The molecule has 2 aromatic rings. The number of hydrogen-bond donors (Lipinski definition) is 0. The molecule has 154 valence electrons. The Hall–Kier alpha value is -1.14. The van der Waals surface area contributed by atoms with Gasteiger partial charge in [-0.2, -0.15) is 0 Å². The fraction of sp³-hybridized carbons (Fsp3) is 0.571. The molecule has 4 aliphatic carbocycles. The summed E-state index contributed by atoms with van der Waals surface area (Å²) in [5.41, 5.74) is 1.64. The minimum atomic E-state index is -0.341. The Kier molecular flexibility index (Phi) is 4.93. The molecule has 0 aromatic carbocycles. The normalized spacial score (nSPS) is 28.7. The van der Waals surface area contributed by atoms with Crippen molar-refractivity contribution in [2.75, 3.05) is 0 Å². The van der Waals surface area contributed by atoms with Gasteiger partial charge in [-0.3, -0.25) is 9.78 Å². The van der Waals surface area contributed by atoms with Crippen molar-refractivity contribution in [1.82, 2.24) is 10.1 Å². The molecule has 0 saturated heterocycles. The fourth-order valence-electron chi connectivity index (χ4n) is 4.85. The summed E-state index contributed by atoms with van der Waals surface area (Å²) in [6, 6.07) is 0. The van der Waals surface area contributed by atoms with Gasteiger partial charge in [-0.25, -0.2) is 0 Å². The smallest absolute Gasteiger partial charge is 0.227 e. The lowest BCUT2D eigenvalue weighted by molar-refractivity contribution is -0.155. The zero-order valence-corrected chi connectivity index (χ0v) is 18.1. The topological polar surface area (TPSA) is 65.2 Å². The van der Waals surface area contributed by atoms with Crippen LogP contribution in [0.4, 0.5) is 0 Å². The Morgan fingerprint density at radius 3 is 2.28 bits per heavy atom. The number of pyridine rings is 1. The maximum absolute atomic E-state index is 11.9. The zero-order chi connectivity index (χ0) is 20.2. The zero-order valence-electron chi connectivity index (χ0n) is 15.8. The standard InChI is InChI=1S/C21H21Cl3N2O3/c22-14-9-25-10-15(23)16(14)17-13(18(29-26-17)12-1-2-12)11-28-21-6-3-20(4-7-21,5-8-21)19(24)27/h9-10,12H,1-8,11H2. The van der Waals surface area contributed by atoms with Crippen molar-refractivity contribution < 1.29 is 14.1 Å². The molecular formula is C21H21Cl3N2O3. The van der Waals surface area contributed by atoms with Gasteiger partial charge < -0.3 is 9.26 Å². The third-order valence-electron chi connectivity index (χ3n) is 6.97. The molecule has 0 amide bonds. The van der Waals surface area contributed by atoms with Crippen molar-refractivity contribution in [3.05, 3.63) is 33.8 Å². The van der Waals surface area contributed by atoms with E-state index in [1.807, 2.05) is 0 Å². The summed E-state index contributed by atoms with van der Waals surface area (Å²) < 4.78 is 12.2. The molecule has 0 spiro atoms. The van der Waals surface area contributed by atoms with Crippen molar-refractivity contribution in [1.29, 1.82) is 0 Å². The highest BCUT2D eigenvalue weighted by Crippen LogP contribution is 2.55. The highest BCUT2D eigenvalue weighted by Gasteiger charge is 2.52. The molecule has 0 N–H and O–H groups in total. The van der Waals surface area contributed by atoms with Gasteiger partial charge in [-0.05, 0) is 63.0 Å².